The van der Waals surface area contributed by atoms with Crippen molar-refractivity contribution < 1.29 is 19.2 Å². The minimum Gasteiger partial charge on any atom is -0.495 e. The highest BCUT2D eigenvalue weighted by Gasteiger charge is 2.21. The molecule has 0 aliphatic carbocycles. The molecule has 1 aromatic rings. The molecule has 120 valence electrons. The standard InChI is InChI=1S/C14H19N3O5/c1-10-9-16(5-6-22-10)14(18)8-15-12-7-11(17(19)20)3-4-13(12)21-2/h3-4,7,10,15H,5-6,8-9H2,1-2H3. The maximum atomic E-state index is 12.2. The molecule has 0 bridgehead atoms. The first-order chi connectivity index (χ1) is 10.5. The molecule has 0 saturated carbocycles. The molecule has 1 aromatic carbocycles. The van der Waals surface area contributed by atoms with Crippen molar-refractivity contribution in [2.24, 2.45) is 0 Å². The second kappa shape index (κ2) is 7.08. The number of amides is 1. The molecule has 8 nitrogen and oxygen atoms in total. The summed E-state index contributed by atoms with van der Waals surface area (Å²) in [6.07, 6.45) is 0.0186. The summed E-state index contributed by atoms with van der Waals surface area (Å²) in [5.74, 6) is 0.373. The van der Waals surface area contributed by atoms with Crippen molar-refractivity contribution in [1.82, 2.24) is 4.90 Å². The summed E-state index contributed by atoms with van der Waals surface area (Å²) in [6, 6.07) is 4.21. The van der Waals surface area contributed by atoms with Gasteiger partial charge in [-0.2, -0.15) is 0 Å². The first kappa shape index (κ1) is 16.0. The molecule has 0 aromatic heterocycles. The van der Waals surface area contributed by atoms with Gasteiger partial charge < -0.3 is 19.7 Å². The van der Waals surface area contributed by atoms with Crippen LogP contribution in [0, 0.1) is 10.1 Å². The van der Waals surface area contributed by atoms with Crippen LogP contribution in [0.15, 0.2) is 18.2 Å². The van der Waals surface area contributed by atoms with Crippen LogP contribution < -0.4 is 10.1 Å². The SMILES string of the molecule is COc1ccc([N+](=O)[O-])cc1NCC(=O)N1CCOC(C)C1. The van der Waals surface area contributed by atoms with E-state index in [-0.39, 0.29) is 24.2 Å². The monoisotopic (exact) mass is 309 g/mol. The Hall–Kier alpha value is -2.35. The van der Waals surface area contributed by atoms with E-state index in [4.69, 9.17) is 9.47 Å². The molecular formula is C14H19N3O5. The van der Waals surface area contributed by atoms with Crippen molar-refractivity contribution in [3.63, 3.8) is 0 Å². The van der Waals surface area contributed by atoms with Crippen molar-refractivity contribution in [2.45, 2.75) is 13.0 Å². The van der Waals surface area contributed by atoms with Gasteiger partial charge in [-0.1, -0.05) is 0 Å². The molecule has 2 rings (SSSR count). The highest BCUT2D eigenvalue weighted by molar-refractivity contribution is 5.81. The minimum atomic E-state index is -0.490. The van der Waals surface area contributed by atoms with Gasteiger partial charge in [-0.15, -0.1) is 0 Å². The molecule has 1 aliphatic heterocycles. The Balaban J connectivity index is 2.02. The first-order valence-corrected chi connectivity index (χ1v) is 6.97. The van der Waals surface area contributed by atoms with Crippen LogP contribution in [0.25, 0.3) is 0 Å². The minimum absolute atomic E-state index is 0.0186. The lowest BCUT2D eigenvalue weighted by Gasteiger charge is -2.31. The second-order valence-corrected chi connectivity index (χ2v) is 5.02. The van der Waals surface area contributed by atoms with Crippen LogP contribution in [0.4, 0.5) is 11.4 Å². The van der Waals surface area contributed by atoms with Crippen molar-refractivity contribution in [2.75, 3.05) is 38.7 Å². The number of methoxy groups -OCH3 is 1. The third-order valence-electron chi connectivity index (χ3n) is 3.42. The average molecular weight is 309 g/mol. The number of anilines is 1. The normalized spacial score (nSPS) is 17.9. The maximum absolute atomic E-state index is 12.2. The third kappa shape index (κ3) is 3.85. The van der Waals surface area contributed by atoms with E-state index in [0.717, 1.165) is 0 Å². The van der Waals surface area contributed by atoms with Gasteiger partial charge in [-0.05, 0) is 13.0 Å². The number of hydrogen-bond acceptors (Lipinski definition) is 6. The number of hydrogen-bond donors (Lipinski definition) is 1. The Morgan fingerprint density at radius 1 is 1.59 bits per heavy atom. The number of non-ortho nitro benzene ring substituents is 1. The molecule has 1 N–H and O–H groups in total. The molecule has 1 amide bonds. The second-order valence-electron chi connectivity index (χ2n) is 5.02. The van der Waals surface area contributed by atoms with E-state index in [1.165, 1.54) is 25.3 Å². The van der Waals surface area contributed by atoms with Crippen LogP contribution in [-0.4, -0.2) is 55.2 Å². The summed E-state index contributed by atoms with van der Waals surface area (Å²) in [4.78, 5) is 24.2. The third-order valence-corrected chi connectivity index (χ3v) is 3.42. The Labute approximate surface area is 128 Å². The molecule has 1 unspecified atom stereocenters. The fourth-order valence-electron chi connectivity index (χ4n) is 2.28. The van der Waals surface area contributed by atoms with E-state index in [1.54, 1.807) is 4.90 Å². The van der Waals surface area contributed by atoms with Gasteiger partial charge in [-0.25, -0.2) is 0 Å². The summed E-state index contributed by atoms with van der Waals surface area (Å²) in [5, 5.41) is 13.7. The van der Waals surface area contributed by atoms with Crippen molar-refractivity contribution >= 4 is 17.3 Å². The Kier molecular flexibility index (Phi) is 5.16. The van der Waals surface area contributed by atoms with E-state index in [1.807, 2.05) is 6.92 Å². The van der Waals surface area contributed by atoms with Crippen LogP contribution in [0.1, 0.15) is 6.92 Å². The summed E-state index contributed by atoms with van der Waals surface area (Å²) < 4.78 is 10.5. The maximum Gasteiger partial charge on any atom is 0.271 e. The fraction of sp³-hybridized carbons (Fsp3) is 0.500. The largest absolute Gasteiger partial charge is 0.495 e. The number of carbonyl (C=O) groups excluding carboxylic acids is 1. The van der Waals surface area contributed by atoms with E-state index in [0.29, 0.717) is 31.1 Å². The zero-order chi connectivity index (χ0) is 16.1. The van der Waals surface area contributed by atoms with Gasteiger partial charge in [0, 0.05) is 25.2 Å². The molecule has 0 radical (unpaired) electrons. The topological polar surface area (TPSA) is 93.9 Å². The number of nitrogens with one attached hydrogen (secondary N) is 1. The van der Waals surface area contributed by atoms with E-state index >= 15 is 0 Å². The lowest BCUT2D eigenvalue weighted by atomic mass is 10.2. The zero-order valence-corrected chi connectivity index (χ0v) is 12.6. The first-order valence-electron chi connectivity index (χ1n) is 6.97. The van der Waals surface area contributed by atoms with Crippen LogP contribution >= 0.6 is 0 Å². The molecule has 1 aliphatic rings. The number of benzene rings is 1. The van der Waals surface area contributed by atoms with Crippen molar-refractivity contribution in [3.8, 4) is 5.75 Å². The molecule has 1 atom stereocenters. The van der Waals surface area contributed by atoms with Crippen molar-refractivity contribution in [3.05, 3.63) is 28.3 Å². The van der Waals surface area contributed by atoms with Gasteiger partial charge in [0.15, 0.2) is 0 Å². The Morgan fingerprint density at radius 3 is 3.00 bits per heavy atom. The van der Waals surface area contributed by atoms with Gasteiger partial charge >= 0.3 is 0 Å². The van der Waals surface area contributed by atoms with E-state index in [9.17, 15) is 14.9 Å². The lowest BCUT2D eigenvalue weighted by Crippen LogP contribution is -2.46. The zero-order valence-electron chi connectivity index (χ0n) is 12.6. The van der Waals surface area contributed by atoms with Gasteiger partial charge in [0.2, 0.25) is 5.91 Å². The number of nitro groups is 1. The molecule has 1 heterocycles. The summed E-state index contributed by atoms with van der Waals surface area (Å²) >= 11 is 0. The van der Waals surface area contributed by atoms with E-state index < -0.39 is 4.92 Å². The highest BCUT2D eigenvalue weighted by Crippen LogP contribution is 2.28. The predicted octanol–water partition coefficient (Wildman–Crippen LogP) is 1.26. The molecule has 8 heteroatoms. The number of ether oxygens (including phenoxy) is 2. The number of morpholine rings is 1. The van der Waals surface area contributed by atoms with Gasteiger partial charge in [0.1, 0.15) is 5.75 Å². The molecule has 0 spiro atoms. The average Bonchev–Trinajstić information content (AvgIpc) is 2.52. The number of nitro benzene ring substituents is 1. The van der Waals surface area contributed by atoms with Gasteiger partial charge in [0.25, 0.3) is 5.69 Å². The molecule has 1 fully saturated rings. The summed E-state index contributed by atoms with van der Waals surface area (Å²) in [6.45, 7) is 3.58. The number of nitrogens with zero attached hydrogens (tertiary/aromatic N) is 2. The van der Waals surface area contributed by atoms with Crippen LogP contribution in [0.5, 0.6) is 5.75 Å². The van der Waals surface area contributed by atoms with Gasteiger partial charge in [-0.3, -0.25) is 14.9 Å². The van der Waals surface area contributed by atoms with E-state index in [2.05, 4.69) is 5.32 Å². The summed E-state index contributed by atoms with van der Waals surface area (Å²) in [5.41, 5.74) is 0.363. The quantitative estimate of drug-likeness (QED) is 0.650. The van der Waals surface area contributed by atoms with Gasteiger partial charge in [0.05, 0.1) is 37.0 Å². The van der Waals surface area contributed by atoms with Crippen molar-refractivity contribution in [1.29, 1.82) is 0 Å². The molecular weight excluding hydrogens is 290 g/mol. The Bertz CT molecular complexity index is 563. The van der Waals surface area contributed by atoms with Crippen LogP contribution in [0.3, 0.4) is 0 Å². The van der Waals surface area contributed by atoms with Crippen LogP contribution in [-0.2, 0) is 9.53 Å². The number of rotatable bonds is 5. The lowest BCUT2D eigenvalue weighted by molar-refractivity contribution is -0.384. The fourth-order valence-corrected chi connectivity index (χ4v) is 2.28. The smallest absolute Gasteiger partial charge is 0.271 e. The molecule has 1 saturated heterocycles. The summed E-state index contributed by atoms with van der Waals surface area (Å²) in [7, 11) is 1.47. The Morgan fingerprint density at radius 2 is 2.36 bits per heavy atom. The molecule has 22 heavy (non-hydrogen) atoms. The van der Waals surface area contributed by atoms with Crippen LogP contribution in [0.2, 0.25) is 0 Å². The predicted molar refractivity (Wildman–Crippen MR) is 80.1 cm³/mol. The highest BCUT2D eigenvalue weighted by atomic mass is 16.6. The number of carbonyl (C=O) groups is 1.